The highest BCUT2D eigenvalue weighted by Gasteiger charge is 2.30. The fourth-order valence-electron chi connectivity index (χ4n) is 2.74. The predicted octanol–water partition coefficient (Wildman–Crippen LogP) is 3.02. The Morgan fingerprint density at radius 3 is 3.11 bits per heavy atom. The van der Waals surface area contributed by atoms with Gasteiger partial charge in [0, 0.05) is 11.3 Å². The average Bonchev–Trinajstić information content (AvgIpc) is 2.97. The molecule has 1 saturated heterocycles. The number of para-hydroxylation sites is 1. The number of benzene rings is 1. The van der Waals surface area contributed by atoms with Gasteiger partial charge in [-0.1, -0.05) is 6.07 Å². The van der Waals surface area contributed by atoms with Gasteiger partial charge in [0.15, 0.2) is 0 Å². The molecule has 1 atom stereocenters. The van der Waals surface area contributed by atoms with E-state index in [1.54, 1.807) is 18.5 Å². The van der Waals surface area contributed by atoms with Gasteiger partial charge in [0.2, 0.25) is 0 Å². The monoisotopic (exact) mass is 276 g/mol. The lowest BCUT2D eigenvalue weighted by molar-refractivity contribution is 0.0698. The molecule has 2 heterocycles. The van der Waals surface area contributed by atoms with Crippen molar-refractivity contribution in [2.45, 2.75) is 31.1 Å². The molecule has 0 aliphatic carbocycles. The van der Waals surface area contributed by atoms with Crippen molar-refractivity contribution >= 4 is 28.8 Å². The van der Waals surface area contributed by atoms with E-state index < -0.39 is 5.97 Å². The summed E-state index contributed by atoms with van der Waals surface area (Å²) < 4.78 is 2.19. The van der Waals surface area contributed by atoms with E-state index in [4.69, 9.17) is 0 Å². The van der Waals surface area contributed by atoms with Crippen molar-refractivity contribution in [3.8, 4) is 0 Å². The zero-order chi connectivity index (χ0) is 13.5. The number of thioether (sulfide) groups is 1. The van der Waals surface area contributed by atoms with Gasteiger partial charge in [0.05, 0.1) is 22.9 Å². The summed E-state index contributed by atoms with van der Waals surface area (Å²) in [4.78, 5) is 15.7. The lowest BCUT2D eigenvalue weighted by Crippen LogP contribution is -2.23. The largest absolute Gasteiger partial charge is 0.478 e. The molecule has 1 aromatic heterocycles. The van der Waals surface area contributed by atoms with Gasteiger partial charge in [-0.25, -0.2) is 9.78 Å². The fraction of sp³-hybridized carbons (Fsp3) is 0.429. The van der Waals surface area contributed by atoms with Crippen LogP contribution in [-0.4, -0.2) is 31.1 Å². The van der Waals surface area contributed by atoms with Gasteiger partial charge in [-0.2, -0.15) is 11.8 Å². The van der Waals surface area contributed by atoms with Crippen LogP contribution in [0.1, 0.15) is 30.1 Å². The van der Waals surface area contributed by atoms with Crippen molar-refractivity contribution in [2.75, 3.05) is 5.75 Å². The van der Waals surface area contributed by atoms with Gasteiger partial charge in [-0.05, 0) is 37.7 Å². The summed E-state index contributed by atoms with van der Waals surface area (Å²) in [5.41, 5.74) is 1.83. The molecular formula is C14H16N2O2S. The number of rotatable bonds is 3. The molecule has 0 bridgehead atoms. The van der Waals surface area contributed by atoms with Gasteiger partial charge >= 0.3 is 5.97 Å². The third kappa shape index (κ3) is 2.23. The molecule has 1 N–H and O–H groups in total. The number of carboxylic acids is 1. The van der Waals surface area contributed by atoms with E-state index in [0.717, 1.165) is 17.6 Å². The molecule has 1 aromatic carbocycles. The van der Waals surface area contributed by atoms with Crippen LogP contribution in [0.5, 0.6) is 0 Å². The van der Waals surface area contributed by atoms with Crippen molar-refractivity contribution in [1.82, 2.24) is 9.55 Å². The Hall–Kier alpha value is -1.49. The van der Waals surface area contributed by atoms with Crippen LogP contribution in [0, 0.1) is 0 Å². The van der Waals surface area contributed by atoms with Crippen LogP contribution >= 0.6 is 11.8 Å². The molecule has 0 saturated carbocycles. The van der Waals surface area contributed by atoms with Gasteiger partial charge in [-0.15, -0.1) is 0 Å². The second-order valence-corrected chi connectivity index (χ2v) is 6.94. The van der Waals surface area contributed by atoms with Crippen molar-refractivity contribution in [2.24, 2.45) is 0 Å². The van der Waals surface area contributed by atoms with Crippen LogP contribution in [0.4, 0.5) is 0 Å². The van der Waals surface area contributed by atoms with Crippen molar-refractivity contribution < 1.29 is 9.90 Å². The van der Waals surface area contributed by atoms with Crippen LogP contribution in [0.3, 0.4) is 0 Å². The minimum absolute atomic E-state index is 0.194. The second-order valence-electron chi connectivity index (χ2n) is 5.25. The van der Waals surface area contributed by atoms with Crippen LogP contribution in [0.2, 0.25) is 0 Å². The number of hydrogen-bond acceptors (Lipinski definition) is 3. The fourth-order valence-corrected chi connectivity index (χ4v) is 4.04. The third-order valence-electron chi connectivity index (χ3n) is 3.67. The third-order valence-corrected chi connectivity index (χ3v) is 5.20. The molecule has 1 fully saturated rings. The molecule has 100 valence electrons. The van der Waals surface area contributed by atoms with E-state index in [0.29, 0.717) is 5.56 Å². The number of hydrogen-bond donors (Lipinski definition) is 1. The van der Waals surface area contributed by atoms with E-state index in [9.17, 15) is 9.90 Å². The normalized spacial score (nSPS) is 23.0. The molecule has 2 aromatic rings. The number of fused-ring (bicyclic) bond motifs is 1. The first kappa shape index (κ1) is 12.5. The quantitative estimate of drug-likeness (QED) is 0.936. The van der Waals surface area contributed by atoms with Crippen LogP contribution in [-0.2, 0) is 6.54 Å². The molecule has 19 heavy (non-hydrogen) atoms. The Kier molecular flexibility index (Phi) is 3.01. The standard InChI is InChI=1S/C14H16N2O2S/c1-14(6-3-7-19-14)8-16-9-15-11-5-2-4-10(12(11)16)13(17)18/h2,4-5,9H,3,6-8H2,1H3,(H,17,18). The Bertz CT molecular complexity index is 629. The summed E-state index contributed by atoms with van der Waals surface area (Å²) in [7, 11) is 0. The lowest BCUT2D eigenvalue weighted by atomic mass is 10.1. The van der Waals surface area contributed by atoms with E-state index in [1.165, 1.54) is 18.6 Å². The highest BCUT2D eigenvalue weighted by atomic mass is 32.2. The van der Waals surface area contributed by atoms with Gasteiger partial charge < -0.3 is 9.67 Å². The number of aromatic carboxylic acids is 1. The first-order valence-corrected chi connectivity index (χ1v) is 7.39. The summed E-state index contributed by atoms with van der Waals surface area (Å²) in [6.45, 7) is 3.07. The lowest BCUT2D eigenvalue weighted by Gasteiger charge is -2.23. The molecule has 1 aliphatic rings. The maximum atomic E-state index is 11.3. The molecule has 1 aliphatic heterocycles. The van der Waals surface area contributed by atoms with Gasteiger partial charge in [0.25, 0.3) is 0 Å². The maximum Gasteiger partial charge on any atom is 0.337 e. The molecule has 4 nitrogen and oxygen atoms in total. The van der Waals surface area contributed by atoms with Crippen LogP contribution in [0.15, 0.2) is 24.5 Å². The molecule has 0 spiro atoms. The summed E-state index contributed by atoms with van der Waals surface area (Å²) in [5.74, 6) is 0.297. The maximum absolute atomic E-state index is 11.3. The first-order valence-electron chi connectivity index (χ1n) is 6.40. The summed E-state index contributed by atoms with van der Waals surface area (Å²) >= 11 is 1.97. The molecule has 0 radical (unpaired) electrons. The minimum Gasteiger partial charge on any atom is -0.478 e. The average molecular weight is 276 g/mol. The van der Waals surface area contributed by atoms with Crippen LogP contribution in [0.25, 0.3) is 11.0 Å². The van der Waals surface area contributed by atoms with E-state index in [2.05, 4.69) is 11.9 Å². The number of carboxylic acid groups (broad SMARTS) is 1. The topological polar surface area (TPSA) is 55.1 Å². The Morgan fingerprint density at radius 1 is 1.58 bits per heavy atom. The Balaban J connectivity index is 2.06. The molecule has 3 rings (SSSR count). The summed E-state index contributed by atoms with van der Waals surface area (Å²) in [6, 6.07) is 5.25. The highest BCUT2D eigenvalue weighted by molar-refractivity contribution is 8.00. The van der Waals surface area contributed by atoms with Crippen molar-refractivity contribution in [3.05, 3.63) is 30.1 Å². The van der Waals surface area contributed by atoms with E-state index >= 15 is 0 Å². The van der Waals surface area contributed by atoms with Gasteiger partial charge in [0.1, 0.15) is 0 Å². The minimum atomic E-state index is -0.892. The molecule has 1 unspecified atom stereocenters. The number of nitrogens with zero attached hydrogens (tertiary/aromatic N) is 2. The molecular weight excluding hydrogens is 260 g/mol. The summed E-state index contributed by atoms with van der Waals surface area (Å²) in [6.07, 6.45) is 4.17. The Morgan fingerprint density at radius 2 is 2.42 bits per heavy atom. The first-order chi connectivity index (χ1) is 9.09. The predicted molar refractivity (Wildman–Crippen MR) is 76.8 cm³/mol. The van der Waals surface area contributed by atoms with Gasteiger partial charge in [-0.3, -0.25) is 0 Å². The summed E-state index contributed by atoms with van der Waals surface area (Å²) in [5, 5.41) is 9.30. The zero-order valence-corrected chi connectivity index (χ0v) is 11.6. The van der Waals surface area contributed by atoms with E-state index in [-0.39, 0.29) is 4.75 Å². The van der Waals surface area contributed by atoms with Crippen LogP contribution < -0.4 is 0 Å². The number of carbonyl (C=O) groups is 1. The number of imidazole rings is 1. The Labute approximate surface area is 115 Å². The highest BCUT2D eigenvalue weighted by Crippen LogP contribution is 2.39. The number of aromatic nitrogens is 2. The smallest absolute Gasteiger partial charge is 0.337 e. The second kappa shape index (κ2) is 4.56. The molecule has 0 amide bonds. The zero-order valence-electron chi connectivity index (χ0n) is 10.8. The molecule has 5 heteroatoms. The van der Waals surface area contributed by atoms with Crippen molar-refractivity contribution in [1.29, 1.82) is 0 Å². The SMILES string of the molecule is CC1(Cn2cnc3cccc(C(=O)O)c32)CCCS1. The van der Waals surface area contributed by atoms with Crippen molar-refractivity contribution in [3.63, 3.8) is 0 Å². The van der Waals surface area contributed by atoms with E-state index in [1.807, 2.05) is 22.4 Å².